The summed E-state index contributed by atoms with van der Waals surface area (Å²) in [6.45, 7) is 4.29. The molecule has 112 valence electrons. The molecule has 1 heterocycles. The Morgan fingerprint density at radius 1 is 1.30 bits per heavy atom. The lowest BCUT2D eigenvalue weighted by Gasteiger charge is -2.40. The van der Waals surface area contributed by atoms with Crippen molar-refractivity contribution in [1.29, 1.82) is 0 Å². The molecule has 20 heavy (non-hydrogen) atoms. The summed E-state index contributed by atoms with van der Waals surface area (Å²) in [5, 5.41) is 0. The van der Waals surface area contributed by atoms with Crippen molar-refractivity contribution >= 4 is 15.9 Å². The first kappa shape index (κ1) is 16.0. The van der Waals surface area contributed by atoms with E-state index in [1.165, 1.54) is 5.56 Å². The number of hydrogen-bond acceptors (Lipinski definition) is 3. The first-order chi connectivity index (χ1) is 9.65. The molecule has 2 unspecified atom stereocenters. The monoisotopic (exact) mass is 340 g/mol. The highest BCUT2D eigenvalue weighted by atomic mass is 79.9. The van der Waals surface area contributed by atoms with E-state index in [1.807, 2.05) is 7.11 Å². The summed E-state index contributed by atoms with van der Waals surface area (Å²) in [7, 11) is 1.81. The summed E-state index contributed by atoms with van der Waals surface area (Å²) in [6, 6.07) is 9.07. The Bertz CT molecular complexity index is 401. The Kier molecular flexibility index (Phi) is 6.02. The maximum absolute atomic E-state index is 6.40. The van der Waals surface area contributed by atoms with Gasteiger partial charge in [0.1, 0.15) is 0 Å². The molecule has 0 saturated carbocycles. The van der Waals surface area contributed by atoms with Crippen LogP contribution in [0.2, 0.25) is 0 Å². The van der Waals surface area contributed by atoms with Crippen molar-refractivity contribution in [1.82, 2.24) is 4.90 Å². The fourth-order valence-corrected chi connectivity index (χ4v) is 3.27. The van der Waals surface area contributed by atoms with Gasteiger partial charge in [0.2, 0.25) is 0 Å². The van der Waals surface area contributed by atoms with Crippen LogP contribution >= 0.6 is 15.9 Å². The maximum Gasteiger partial charge on any atom is 0.0595 e. The predicted molar refractivity (Wildman–Crippen MR) is 86.8 cm³/mol. The molecule has 0 aromatic heterocycles. The van der Waals surface area contributed by atoms with Crippen LogP contribution in [0.25, 0.3) is 0 Å². The highest BCUT2D eigenvalue weighted by Gasteiger charge is 2.29. The minimum atomic E-state index is 0.176. The normalized spacial score (nSPS) is 20.8. The van der Waals surface area contributed by atoms with Gasteiger partial charge in [-0.25, -0.2) is 0 Å². The Morgan fingerprint density at radius 3 is 2.40 bits per heavy atom. The summed E-state index contributed by atoms with van der Waals surface area (Å²) in [6.07, 6.45) is 3.60. The fraction of sp³-hybridized carbons (Fsp3) is 0.625. The standard InChI is InChI=1S/C16H25BrN2O/c1-3-15(18)16(12-4-6-13(17)7-5-12)19-10-8-14(20-2)9-11-19/h4-7,14-16H,3,8-11,18H2,1-2H3. The van der Waals surface area contributed by atoms with Crippen LogP contribution in [0.1, 0.15) is 37.8 Å². The number of ether oxygens (including phenoxy) is 1. The molecule has 1 aliphatic heterocycles. The summed E-state index contributed by atoms with van der Waals surface area (Å²) >= 11 is 3.50. The number of methoxy groups -OCH3 is 1. The molecule has 1 fully saturated rings. The van der Waals surface area contributed by atoms with Gasteiger partial charge in [0.05, 0.1) is 6.10 Å². The van der Waals surface area contributed by atoms with Gasteiger partial charge >= 0.3 is 0 Å². The maximum atomic E-state index is 6.40. The molecule has 0 bridgehead atoms. The largest absolute Gasteiger partial charge is 0.381 e. The number of nitrogens with zero attached hydrogens (tertiary/aromatic N) is 1. The highest BCUT2D eigenvalue weighted by Crippen LogP contribution is 2.29. The van der Waals surface area contributed by atoms with Gasteiger partial charge in [-0.3, -0.25) is 4.90 Å². The van der Waals surface area contributed by atoms with Crippen LogP contribution in [0.3, 0.4) is 0 Å². The van der Waals surface area contributed by atoms with E-state index < -0.39 is 0 Å². The van der Waals surface area contributed by atoms with Gasteiger partial charge in [-0.05, 0) is 37.0 Å². The van der Waals surface area contributed by atoms with Crippen LogP contribution < -0.4 is 5.73 Å². The van der Waals surface area contributed by atoms with Crippen molar-refractivity contribution < 1.29 is 4.74 Å². The van der Waals surface area contributed by atoms with E-state index in [1.54, 1.807) is 0 Å². The first-order valence-electron chi connectivity index (χ1n) is 7.43. The van der Waals surface area contributed by atoms with Gasteiger partial charge in [0, 0.05) is 36.8 Å². The summed E-state index contributed by atoms with van der Waals surface area (Å²) in [5.41, 5.74) is 7.72. The second kappa shape index (κ2) is 7.55. The lowest BCUT2D eigenvalue weighted by atomic mass is 9.94. The number of likely N-dealkylation sites (tertiary alicyclic amines) is 1. The summed E-state index contributed by atoms with van der Waals surface area (Å²) in [4.78, 5) is 2.52. The van der Waals surface area contributed by atoms with Crippen LogP contribution in [0.4, 0.5) is 0 Å². The zero-order valence-corrected chi connectivity index (χ0v) is 14.0. The number of nitrogens with two attached hydrogens (primary N) is 1. The van der Waals surface area contributed by atoms with Gasteiger partial charge < -0.3 is 10.5 Å². The molecule has 0 radical (unpaired) electrons. The van der Waals surface area contributed by atoms with E-state index in [0.29, 0.717) is 12.1 Å². The van der Waals surface area contributed by atoms with Gasteiger partial charge in [0.25, 0.3) is 0 Å². The molecule has 4 heteroatoms. The molecule has 0 spiro atoms. The van der Waals surface area contributed by atoms with Crippen molar-refractivity contribution in [3.63, 3.8) is 0 Å². The number of piperidine rings is 1. The molecule has 2 rings (SSSR count). The van der Waals surface area contributed by atoms with Crippen molar-refractivity contribution in [2.45, 2.75) is 44.4 Å². The molecule has 1 aromatic carbocycles. The van der Waals surface area contributed by atoms with Gasteiger partial charge in [-0.1, -0.05) is 35.0 Å². The van der Waals surface area contributed by atoms with Crippen LogP contribution in [0.15, 0.2) is 28.7 Å². The molecule has 1 aliphatic rings. The smallest absolute Gasteiger partial charge is 0.0595 e. The van der Waals surface area contributed by atoms with E-state index in [0.717, 1.165) is 36.8 Å². The first-order valence-corrected chi connectivity index (χ1v) is 8.23. The molecule has 2 atom stereocenters. The average molecular weight is 341 g/mol. The molecule has 1 saturated heterocycles. The number of halogens is 1. The summed E-state index contributed by atoms with van der Waals surface area (Å²) < 4.78 is 6.58. The van der Waals surface area contributed by atoms with E-state index in [-0.39, 0.29) is 6.04 Å². The second-order valence-corrected chi connectivity index (χ2v) is 6.46. The zero-order chi connectivity index (χ0) is 14.5. The minimum Gasteiger partial charge on any atom is -0.381 e. The van der Waals surface area contributed by atoms with Crippen molar-refractivity contribution in [3.05, 3.63) is 34.3 Å². The molecular weight excluding hydrogens is 316 g/mol. The van der Waals surface area contributed by atoms with Crippen LogP contribution in [0.5, 0.6) is 0 Å². The number of hydrogen-bond donors (Lipinski definition) is 1. The third-order valence-electron chi connectivity index (χ3n) is 4.29. The van der Waals surface area contributed by atoms with Crippen LogP contribution in [0, 0.1) is 0 Å². The van der Waals surface area contributed by atoms with Gasteiger partial charge in [-0.15, -0.1) is 0 Å². The summed E-state index contributed by atoms with van der Waals surface area (Å²) in [5.74, 6) is 0. The van der Waals surface area contributed by atoms with Crippen LogP contribution in [-0.4, -0.2) is 37.2 Å². The SMILES string of the molecule is CCC(N)C(c1ccc(Br)cc1)N1CCC(OC)CC1. The van der Waals surface area contributed by atoms with E-state index in [2.05, 4.69) is 52.0 Å². The topological polar surface area (TPSA) is 38.5 Å². The molecule has 0 amide bonds. The molecule has 1 aromatic rings. The Balaban J connectivity index is 2.14. The fourth-order valence-electron chi connectivity index (χ4n) is 3.00. The Hall–Kier alpha value is -0.420. The predicted octanol–water partition coefficient (Wildman–Crippen LogP) is 3.34. The lowest BCUT2D eigenvalue weighted by Crippen LogP contribution is -2.45. The second-order valence-electron chi connectivity index (χ2n) is 5.54. The molecule has 0 aliphatic carbocycles. The van der Waals surface area contributed by atoms with Crippen molar-refractivity contribution in [2.75, 3.05) is 20.2 Å². The third kappa shape index (κ3) is 3.82. The van der Waals surface area contributed by atoms with Crippen molar-refractivity contribution in [2.24, 2.45) is 5.73 Å². The van der Waals surface area contributed by atoms with Gasteiger partial charge in [-0.2, -0.15) is 0 Å². The van der Waals surface area contributed by atoms with E-state index in [9.17, 15) is 0 Å². The highest BCUT2D eigenvalue weighted by molar-refractivity contribution is 9.10. The quantitative estimate of drug-likeness (QED) is 0.893. The van der Waals surface area contributed by atoms with E-state index in [4.69, 9.17) is 10.5 Å². The zero-order valence-electron chi connectivity index (χ0n) is 12.4. The molecule has 3 nitrogen and oxygen atoms in total. The Labute approximate surface area is 130 Å². The Morgan fingerprint density at radius 2 is 1.90 bits per heavy atom. The average Bonchev–Trinajstić information content (AvgIpc) is 2.50. The molecular formula is C16H25BrN2O. The minimum absolute atomic E-state index is 0.176. The number of benzene rings is 1. The van der Waals surface area contributed by atoms with Crippen molar-refractivity contribution in [3.8, 4) is 0 Å². The van der Waals surface area contributed by atoms with Crippen LogP contribution in [-0.2, 0) is 4.74 Å². The lowest BCUT2D eigenvalue weighted by molar-refractivity contribution is 0.0222. The number of rotatable bonds is 5. The van der Waals surface area contributed by atoms with E-state index >= 15 is 0 Å². The van der Waals surface area contributed by atoms with Gasteiger partial charge in [0.15, 0.2) is 0 Å². The third-order valence-corrected chi connectivity index (χ3v) is 4.82. The molecule has 2 N–H and O–H groups in total.